The summed E-state index contributed by atoms with van der Waals surface area (Å²) in [4.78, 5) is 0. The first kappa shape index (κ1) is 18.7. The summed E-state index contributed by atoms with van der Waals surface area (Å²) < 4.78 is 0. The molecule has 0 aromatic heterocycles. The Labute approximate surface area is 163 Å². The average Bonchev–Trinajstić information content (AvgIpc) is 2.77. The summed E-state index contributed by atoms with van der Waals surface area (Å²) in [6, 6.07) is 44.4. The quantitative estimate of drug-likeness (QED) is 0.365. The van der Waals surface area contributed by atoms with Crippen molar-refractivity contribution >= 4 is 0 Å². The summed E-state index contributed by atoms with van der Waals surface area (Å²) in [6.45, 7) is 0. The molecule has 0 saturated heterocycles. The van der Waals surface area contributed by atoms with Gasteiger partial charge in [0.25, 0.3) is 0 Å². The summed E-state index contributed by atoms with van der Waals surface area (Å²) >= 11 is 0. The van der Waals surface area contributed by atoms with E-state index in [2.05, 4.69) is 91.0 Å². The summed E-state index contributed by atoms with van der Waals surface area (Å²) in [5, 5.41) is 0. The van der Waals surface area contributed by atoms with Crippen LogP contribution in [0.1, 0.15) is 22.6 Å². The number of hydrogen-bond donors (Lipinski definition) is 0. The Bertz CT molecular complexity index is 784. The van der Waals surface area contributed by atoms with Gasteiger partial charge in [-0.15, -0.1) is 0 Å². The van der Waals surface area contributed by atoms with Crippen LogP contribution in [0.15, 0.2) is 127 Å². The van der Waals surface area contributed by atoms with Crippen LogP contribution in [0.3, 0.4) is 0 Å². The molecular weight excluding hydrogens is 324 g/mol. The van der Waals surface area contributed by atoms with Crippen LogP contribution < -0.4 is 0 Å². The Balaban J connectivity index is 0.000000299. The lowest BCUT2D eigenvalue weighted by Gasteiger charge is -2.18. The highest BCUT2D eigenvalue weighted by atomic mass is 14.2. The smallest absolute Gasteiger partial charge is 0.00810 e. The molecule has 0 unspecified atom stereocenters. The van der Waals surface area contributed by atoms with E-state index in [9.17, 15) is 0 Å². The molecule has 0 aliphatic rings. The van der Waals surface area contributed by atoms with Crippen LogP contribution in [0.5, 0.6) is 0 Å². The van der Waals surface area contributed by atoms with Crippen molar-refractivity contribution in [1.82, 2.24) is 0 Å². The Hall–Kier alpha value is -3.12. The maximum absolute atomic E-state index is 2.25. The summed E-state index contributed by atoms with van der Waals surface area (Å²) in [5.74, 6) is 0.524. The Morgan fingerprint density at radius 1 is 0.370 bits per heavy atom. The van der Waals surface area contributed by atoms with Crippen LogP contribution in [0.4, 0.5) is 0 Å². The molecule has 4 aromatic carbocycles. The van der Waals surface area contributed by atoms with E-state index in [1.165, 1.54) is 16.7 Å². The van der Waals surface area contributed by atoms with Gasteiger partial charge in [0.1, 0.15) is 0 Å². The lowest BCUT2D eigenvalue weighted by atomic mass is 9.87. The third-order valence-corrected chi connectivity index (χ3v) is 4.59. The molecular formula is C27H26. The molecule has 0 heterocycles. The number of rotatable bonds is 5. The van der Waals surface area contributed by atoms with Gasteiger partial charge >= 0.3 is 0 Å². The second-order valence-corrected chi connectivity index (χ2v) is 6.64. The third kappa shape index (κ3) is 6.60. The predicted molar refractivity (Wildman–Crippen MR) is 116 cm³/mol. The second kappa shape index (κ2) is 10.8. The predicted octanol–water partition coefficient (Wildman–Crippen LogP) is 6.94. The average molecular weight is 351 g/mol. The molecule has 0 atom stereocenters. The van der Waals surface area contributed by atoms with Gasteiger partial charge < -0.3 is 0 Å². The van der Waals surface area contributed by atoms with E-state index in [-0.39, 0.29) is 0 Å². The van der Waals surface area contributed by atoms with Crippen LogP contribution in [-0.4, -0.2) is 0 Å². The lowest BCUT2D eigenvalue weighted by Crippen LogP contribution is -2.06. The van der Waals surface area contributed by atoms with E-state index in [0.717, 1.165) is 12.8 Å². The largest absolute Gasteiger partial charge is 0.0623 e. The third-order valence-electron chi connectivity index (χ3n) is 4.59. The molecule has 0 aliphatic heterocycles. The minimum absolute atomic E-state index is 0.524. The monoisotopic (exact) mass is 350 g/mol. The SMILES string of the molecule is c1ccc(CC(Cc2ccccc2)c2ccccc2)cc1.c1ccccc1. The van der Waals surface area contributed by atoms with Crippen molar-refractivity contribution in [1.29, 1.82) is 0 Å². The fourth-order valence-corrected chi connectivity index (χ4v) is 3.22. The van der Waals surface area contributed by atoms with Crippen molar-refractivity contribution in [2.75, 3.05) is 0 Å². The van der Waals surface area contributed by atoms with E-state index in [0.29, 0.717) is 5.92 Å². The van der Waals surface area contributed by atoms with E-state index < -0.39 is 0 Å². The van der Waals surface area contributed by atoms with Crippen LogP contribution in [0.25, 0.3) is 0 Å². The molecule has 0 nitrogen and oxygen atoms in total. The zero-order valence-corrected chi connectivity index (χ0v) is 15.6. The first-order valence-corrected chi connectivity index (χ1v) is 9.54. The van der Waals surface area contributed by atoms with E-state index in [4.69, 9.17) is 0 Å². The van der Waals surface area contributed by atoms with Gasteiger partial charge in [0, 0.05) is 0 Å². The van der Waals surface area contributed by atoms with Crippen molar-refractivity contribution in [3.63, 3.8) is 0 Å². The molecule has 4 aromatic rings. The van der Waals surface area contributed by atoms with Gasteiger partial charge in [0.05, 0.1) is 0 Å². The molecule has 134 valence electrons. The van der Waals surface area contributed by atoms with Crippen LogP contribution in [0.2, 0.25) is 0 Å². The molecule has 0 bridgehead atoms. The summed E-state index contributed by atoms with van der Waals surface area (Å²) in [5.41, 5.74) is 4.23. The zero-order chi connectivity index (χ0) is 18.6. The molecule has 27 heavy (non-hydrogen) atoms. The van der Waals surface area contributed by atoms with Gasteiger partial charge in [-0.25, -0.2) is 0 Å². The fraction of sp³-hybridized carbons (Fsp3) is 0.111. The Morgan fingerprint density at radius 3 is 1.04 bits per heavy atom. The van der Waals surface area contributed by atoms with Crippen LogP contribution >= 0.6 is 0 Å². The van der Waals surface area contributed by atoms with Gasteiger partial charge in [-0.3, -0.25) is 0 Å². The minimum Gasteiger partial charge on any atom is -0.0623 e. The lowest BCUT2D eigenvalue weighted by molar-refractivity contribution is 0.680. The fourth-order valence-electron chi connectivity index (χ4n) is 3.22. The van der Waals surface area contributed by atoms with Gasteiger partial charge in [-0.1, -0.05) is 127 Å². The maximum atomic E-state index is 2.25. The van der Waals surface area contributed by atoms with Gasteiger partial charge in [-0.05, 0) is 35.4 Å². The molecule has 0 radical (unpaired) electrons. The van der Waals surface area contributed by atoms with Crippen molar-refractivity contribution < 1.29 is 0 Å². The minimum atomic E-state index is 0.524. The highest BCUT2D eigenvalue weighted by Gasteiger charge is 2.13. The molecule has 0 N–H and O–H groups in total. The van der Waals surface area contributed by atoms with Crippen molar-refractivity contribution in [2.24, 2.45) is 0 Å². The number of benzene rings is 4. The van der Waals surface area contributed by atoms with Crippen LogP contribution in [0, 0.1) is 0 Å². The Kier molecular flexibility index (Phi) is 7.45. The Morgan fingerprint density at radius 2 is 0.667 bits per heavy atom. The molecule has 0 aliphatic carbocycles. The van der Waals surface area contributed by atoms with Crippen molar-refractivity contribution in [3.8, 4) is 0 Å². The topological polar surface area (TPSA) is 0 Å². The van der Waals surface area contributed by atoms with Crippen molar-refractivity contribution in [2.45, 2.75) is 18.8 Å². The summed E-state index contributed by atoms with van der Waals surface area (Å²) in [6.07, 6.45) is 2.17. The first-order valence-electron chi connectivity index (χ1n) is 9.54. The zero-order valence-electron chi connectivity index (χ0n) is 15.6. The van der Waals surface area contributed by atoms with Gasteiger partial charge in [0.15, 0.2) is 0 Å². The molecule has 4 rings (SSSR count). The second-order valence-electron chi connectivity index (χ2n) is 6.64. The normalized spacial score (nSPS) is 10.1. The first-order chi connectivity index (χ1) is 13.4. The molecule has 0 heteroatoms. The number of hydrogen-bond acceptors (Lipinski definition) is 0. The molecule has 0 spiro atoms. The van der Waals surface area contributed by atoms with E-state index >= 15 is 0 Å². The highest BCUT2D eigenvalue weighted by molar-refractivity contribution is 5.27. The standard InChI is InChI=1S/C21H20.C6H6/c1-4-10-18(11-5-1)16-21(20-14-8-3-9-15-20)17-19-12-6-2-7-13-19;1-2-4-6-5-3-1/h1-15,21H,16-17H2;1-6H. The van der Waals surface area contributed by atoms with Crippen molar-refractivity contribution in [3.05, 3.63) is 144 Å². The van der Waals surface area contributed by atoms with E-state index in [1.807, 2.05) is 36.4 Å². The van der Waals surface area contributed by atoms with E-state index in [1.54, 1.807) is 0 Å². The van der Waals surface area contributed by atoms with Gasteiger partial charge in [0.2, 0.25) is 0 Å². The maximum Gasteiger partial charge on any atom is -0.00810 e. The summed E-state index contributed by atoms with van der Waals surface area (Å²) in [7, 11) is 0. The van der Waals surface area contributed by atoms with Gasteiger partial charge in [-0.2, -0.15) is 0 Å². The molecule has 0 amide bonds. The highest BCUT2D eigenvalue weighted by Crippen LogP contribution is 2.25. The molecule has 0 saturated carbocycles. The van der Waals surface area contributed by atoms with Crippen LogP contribution in [-0.2, 0) is 12.8 Å². The molecule has 0 fully saturated rings.